The zero-order valence-corrected chi connectivity index (χ0v) is 14.1. The molecule has 0 aliphatic heterocycles. The third-order valence-electron chi connectivity index (χ3n) is 3.02. The minimum Gasteiger partial charge on any atom is -0.465 e. The smallest absolute Gasteiger partial charge is 0.349 e. The molecule has 22 heavy (non-hydrogen) atoms. The highest BCUT2D eigenvalue weighted by atomic mass is 32.2. The second-order valence-corrected chi connectivity index (χ2v) is 7.54. The first-order valence-corrected chi connectivity index (χ1v) is 8.97. The summed E-state index contributed by atoms with van der Waals surface area (Å²) < 4.78 is 32.0. The average molecular weight is 339 g/mol. The number of esters is 1. The van der Waals surface area contributed by atoms with Crippen LogP contribution < -0.4 is 4.31 Å². The molecule has 0 saturated heterocycles. The van der Waals surface area contributed by atoms with Gasteiger partial charge in [0.25, 0.3) is 10.0 Å². The molecule has 2 rings (SSSR count). The van der Waals surface area contributed by atoms with Crippen LogP contribution in [0.4, 0.5) is 5.69 Å². The van der Waals surface area contributed by atoms with E-state index in [9.17, 15) is 13.2 Å². The highest BCUT2D eigenvalue weighted by Crippen LogP contribution is 2.30. The molecule has 0 saturated carbocycles. The Morgan fingerprint density at radius 1 is 1.18 bits per heavy atom. The van der Waals surface area contributed by atoms with E-state index in [1.807, 2.05) is 6.07 Å². The Labute approximate surface area is 134 Å². The maximum Gasteiger partial charge on any atom is 0.349 e. The molecular weight excluding hydrogens is 322 g/mol. The molecule has 0 fully saturated rings. The van der Waals surface area contributed by atoms with E-state index in [-0.39, 0.29) is 15.8 Å². The molecule has 7 heteroatoms. The molecule has 0 aliphatic rings. The predicted molar refractivity (Wildman–Crippen MR) is 86.9 cm³/mol. The van der Waals surface area contributed by atoms with E-state index in [4.69, 9.17) is 0 Å². The van der Waals surface area contributed by atoms with Gasteiger partial charge in [0.05, 0.1) is 12.8 Å². The Balaban J connectivity index is 2.57. The van der Waals surface area contributed by atoms with Crippen molar-refractivity contribution in [1.29, 1.82) is 0 Å². The Kier molecular flexibility index (Phi) is 4.87. The molecule has 2 aromatic rings. The SMILES string of the molecule is COC(=O)c1sccc1S(=O)(=O)N(c1ccccc1)C(C)C. The number of hydrogen-bond acceptors (Lipinski definition) is 5. The number of hydrogen-bond donors (Lipinski definition) is 0. The second kappa shape index (κ2) is 6.50. The summed E-state index contributed by atoms with van der Waals surface area (Å²) >= 11 is 1.05. The third kappa shape index (κ3) is 3.00. The maximum absolute atomic E-state index is 13.0. The van der Waals surface area contributed by atoms with Crippen LogP contribution in [0.1, 0.15) is 23.5 Å². The van der Waals surface area contributed by atoms with Gasteiger partial charge in [-0.15, -0.1) is 11.3 Å². The van der Waals surface area contributed by atoms with Gasteiger partial charge in [0, 0.05) is 6.04 Å². The zero-order valence-electron chi connectivity index (χ0n) is 12.5. The number of carbonyl (C=O) groups is 1. The van der Waals surface area contributed by atoms with Crippen molar-refractivity contribution in [3.05, 3.63) is 46.7 Å². The third-order valence-corrected chi connectivity index (χ3v) is 6.09. The number of ether oxygens (including phenoxy) is 1. The Hall–Kier alpha value is -1.86. The van der Waals surface area contributed by atoms with Crippen LogP contribution in [0, 0.1) is 0 Å². The van der Waals surface area contributed by atoms with Crippen LogP contribution in [0.25, 0.3) is 0 Å². The van der Waals surface area contributed by atoms with Crippen LogP contribution in [-0.4, -0.2) is 27.5 Å². The van der Waals surface area contributed by atoms with E-state index < -0.39 is 16.0 Å². The molecule has 0 aliphatic carbocycles. The topological polar surface area (TPSA) is 63.7 Å². The van der Waals surface area contributed by atoms with Crippen molar-refractivity contribution in [1.82, 2.24) is 0 Å². The van der Waals surface area contributed by atoms with Crippen LogP contribution in [0.15, 0.2) is 46.7 Å². The van der Waals surface area contributed by atoms with E-state index in [1.165, 1.54) is 17.5 Å². The van der Waals surface area contributed by atoms with E-state index in [2.05, 4.69) is 4.74 Å². The lowest BCUT2D eigenvalue weighted by molar-refractivity contribution is 0.0602. The monoisotopic (exact) mass is 339 g/mol. The van der Waals surface area contributed by atoms with Gasteiger partial charge in [0.2, 0.25) is 0 Å². The number of nitrogens with zero attached hydrogens (tertiary/aromatic N) is 1. The molecule has 1 heterocycles. The first kappa shape index (κ1) is 16.5. The second-order valence-electron chi connectivity index (χ2n) is 4.84. The van der Waals surface area contributed by atoms with Gasteiger partial charge >= 0.3 is 5.97 Å². The normalized spacial score (nSPS) is 11.5. The predicted octanol–water partition coefficient (Wildman–Crippen LogP) is 3.14. The van der Waals surface area contributed by atoms with Crippen molar-refractivity contribution in [2.45, 2.75) is 24.8 Å². The van der Waals surface area contributed by atoms with E-state index >= 15 is 0 Å². The van der Waals surface area contributed by atoms with Crippen LogP contribution in [0.2, 0.25) is 0 Å². The minimum atomic E-state index is -3.85. The molecule has 0 bridgehead atoms. The largest absolute Gasteiger partial charge is 0.465 e. The fraction of sp³-hybridized carbons (Fsp3) is 0.267. The lowest BCUT2D eigenvalue weighted by Crippen LogP contribution is -2.37. The summed E-state index contributed by atoms with van der Waals surface area (Å²) in [7, 11) is -2.62. The lowest BCUT2D eigenvalue weighted by atomic mass is 10.3. The van der Waals surface area contributed by atoms with Crippen molar-refractivity contribution in [3.63, 3.8) is 0 Å². The molecule has 0 amide bonds. The number of anilines is 1. The van der Waals surface area contributed by atoms with Gasteiger partial charge in [-0.2, -0.15) is 0 Å². The summed E-state index contributed by atoms with van der Waals surface area (Å²) in [4.78, 5) is 11.8. The highest BCUT2D eigenvalue weighted by molar-refractivity contribution is 7.93. The number of benzene rings is 1. The fourth-order valence-corrected chi connectivity index (χ4v) is 5.11. The summed E-state index contributed by atoms with van der Waals surface area (Å²) in [5.41, 5.74) is 0.555. The Morgan fingerprint density at radius 2 is 1.82 bits per heavy atom. The number of rotatable bonds is 5. The fourth-order valence-electron chi connectivity index (χ4n) is 2.14. The van der Waals surface area contributed by atoms with Crippen molar-refractivity contribution >= 4 is 33.0 Å². The molecule has 1 aromatic carbocycles. The van der Waals surface area contributed by atoms with Gasteiger partial charge in [-0.05, 0) is 37.4 Å². The molecule has 0 atom stereocenters. The first-order valence-electron chi connectivity index (χ1n) is 6.65. The summed E-state index contributed by atoms with van der Waals surface area (Å²) in [6, 6.07) is 9.95. The Morgan fingerprint density at radius 3 is 2.36 bits per heavy atom. The molecule has 0 spiro atoms. The standard InChI is InChI=1S/C15H17NO4S2/c1-11(2)16(12-7-5-4-6-8-12)22(18,19)13-9-10-21-14(13)15(17)20-3/h4-11H,1-3H3. The van der Waals surface area contributed by atoms with Crippen LogP contribution in [-0.2, 0) is 14.8 Å². The van der Waals surface area contributed by atoms with Crippen LogP contribution in [0.5, 0.6) is 0 Å². The molecule has 5 nitrogen and oxygen atoms in total. The number of sulfonamides is 1. The summed E-state index contributed by atoms with van der Waals surface area (Å²) in [5.74, 6) is -0.648. The molecule has 118 valence electrons. The van der Waals surface area contributed by atoms with Crippen molar-refractivity contribution in [2.75, 3.05) is 11.4 Å². The average Bonchev–Trinajstić information content (AvgIpc) is 2.97. The molecule has 0 unspecified atom stereocenters. The van der Waals surface area contributed by atoms with Gasteiger partial charge in [0.1, 0.15) is 9.77 Å². The number of thiophene rings is 1. The van der Waals surface area contributed by atoms with Crippen molar-refractivity contribution in [2.24, 2.45) is 0 Å². The van der Waals surface area contributed by atoms with E-state index in [0.717, 1.165) is 11.3 Å². The summed E-state index contributed by atoms with van der Waals surface area (Å²) in [5, 5.41) is 1.57. The van der Waals surface area contributed by atoms with Gasteiger partial charge in [0.15, 0.2) is 0 Å². The molecule has 0 N–H and O–H groups in total. The summed E-state index contributed by atoms with van der Waals surface area (Å²) in [6.07, 6.45) is 0. The zero-order chi connectivity index (χ0) is 16.3. The number of carbonyl (C=O) groups excluding carboxylic acids is 1. The van der Waals surface area contributed by atoms with E-state index in [1.54, 1.807) is 43.5 Å². The van der Waals surface area contributed by atoms with Gasteiger partial charge in [-0.25, -0.2) is 13.2 Å². The highest BCUT2D eigenvalue weighted by Gasteiger charge is 2.32. The van der Waals surface area contributed by atoms with Crippen molar-refractivity contribution < 1.29 is 17.9 Å². The molecule has 1 aromatic heterocycles. The van der Waals surface area contributed by atoms with E-state index in [0.29, 0.717) is 5.69 Å². The lowest BCUT2D eigenvalue weighted by Gasteiger charge is -2.28. The number of methoxy groups -OCH3 is 1. The number of para-hydroxylation sites is 1. The van der Waals surface area contributed by atoms with Gasteiger partial charge in [-0.1, -0.05) is 18.2 Å². The van der Waals surface area contributed by atoms with Crippen LogP contribution in [0.3, 0.4) is 0 Å². The molecule has 0 radical (unpaired) electrons. The first-order chi connectivity index (χ1) is 10.4. The maximum atomic E-state index is 13.0. The quantitative estimate of drug-likeness (QED) is 0.785. The van der Waals surface area contributed by atoms with Gasteiger partial charge < -0.3 is 4.74 Å². The molecular formula is C15H17NO4S2. The summed E-state index contributed by atoms with van der Waals surface area (Å²) in [6.45, 7) is 3.57. The minimum absolute atomic E-state index is 0.0260. The van der Waals surface area contributed by atoms with Crippen LogP contribution >= 0.6 is 11.3 Å². The van der Waals surface area contributed by atoms with Crippen molar-refractivity contribution in [3.8, 4) is 0 Å². The van der Waals surface area contributed by atoms with Gasteiger partial charge in [-0.3, -0.25) is 4.31 Å². The Bertz CT molecular complexity index is 751.